The summed E-state index contributed by atoms with van der Waals surface area (Å²) in [7, 11) is 0. The number of hydrogen-bond donors (Lipinski definition) is 3. The van der Waals surface area contributed by atoms with Crippen molar-refractivity contribution in [3.8, 4) is 0 Å². The summed E-state index contributed by atoms with van der Waals surface area (Å²) < 4.78 is 1.85. The summed E-state index contributed by atoms with van der Waals surface area (Å²) in [6.07, 6.45) is 8.91. The van der Waals surface area contributed by atoms with Crippen LogP contribution in [0.1, 0.15) is 55.8 Å². The second-order valence-corrected chi connectivity index (χ2v) is 8.87. The van der Waals surface area contributed by atoms with Gasteiger partial charge < -0.3 is 20.3 Å². The lowest BCUT2D eigenvalue weighted by molar-refractivity contribution is -0.127. The van der Waals surface area contributed by atoms with Crippen molar-refractivity contribution in [3.05, 3.63) is 39.8 Å². The molecule has 1 aromatic rings. The van der Waals surface area contributed by atoms with Crippen molar-refractivity contribution in [1.29, 1.82) is 0 Å². The highest BCUT2D eigenvalue weighted by atomic mass is 16.3. The fourth-order valence-electron chi connectivity index (χ4n) is 5.26. The number of amides is 1. The van der Waals surface area contributed by atoms with Gasteiger partial charge in [0.1, 0.15) is 0 Å². The normalized spacial score (nSPS) is 31.2. The zero-order valence-electron chi connectivity index (χ0n) is 16.2. The SMILES string of the molecule is O=C(NCC1CC1)[C@H]1[C@H](CO)[C@H]2Cn3c(ccc(C4=CCCCC4)c3=O)[C@@H]1N2. The minimum atomic E-state index is -0.332. The molecule has 150 valence electrons. The smallest absolute Gasteiger partial charge is 0.258 e. The highest BCUT2D eigenvalue weighted by Gasteiger charge is 2.50. The molecular weight excluding hydrogens is 354 g/mol. The van der Waals surface area contributed by atoms with Gasteiger partial charge in [0.2, 0.25) is 5.91 Å². The van der Waals surface area contributed by atoms with Gasteiger partial charge in [-0.05, 0) is 62.1 Å². The van der Waals surface area contributed by atoms with Gasteiger partial charge in [0.15, 0.2) is 0 Å². The maximum atomic E-state index is 13.3. The van der Waals surface area contributed by atoms with Gasteiger partial charge in [-0.25, -0.2) is 0 Å². The maximum Gasteiger partial charge on any atom is 0.258 e. The zero-order valence-corrected chi connectivity index (χ0v) is 16.2. The summed E-state index contributed by atoms with van der Waals surface area (Å²) in [6, 6.07) is 3.70. The maximum absolute atomic E-state index is 13.3. The van der Waals surface area contributed by atoms with E-state index in [0.29, 0.717) is 12.5 Å². The Bertz CT molecular complexity index is 870. The summed E-state index contributed by atoms with van der Waals surface area (Å²) >= 11 is 0. The van der Waals surface area contributed by atoms with Crippen LogP contribution in [0.5, 0.6) is 0 Å². The molecule has 0 radical (unpaired) electrons. The lowest BCUT2D eigenvalue weighted by Crippen LogP contribution is -2.44. The third-order valence-electron chi connectivity index (χ3n) is 7.05. The first-order valence-corrected chi connectivity index (χ1v) is 10.7. The van der Waals surface area contributed by atoms with Gasteiger partial charge in [0, 0.05) is 42.9 Å². The molecule has 0 unspecified atom stereocenters. The molecule has 28 heavy (non-hydrogen) atoms. The Kier molecular flexibility index (Phi) is 4.63. The van der Waals surface area contributed by atoms with Gasteiger partial charge in [-0.3, -0.25) is 9.59 Å². The van der Waals surface area contributed by atoms with Crippen LogP contribution in [0.25, 0.3) is 5.57 Å². The summed E-state index contributed by atoms with van der Waals surface area (Å²) in [5.74, 6) is 0.125. The number of carbonyl (C=O) groups excluding carboxylic acids is 1. The van der Waals surface area contributed by atoms with Crippen molar-refractivity contribution < 1.29 is 9.90 Å². The molecule has 1 saturated heterocycles. The van der Waals surface area contributed by atoms with E-state index < -0.39 is 0 Å². The fraction of sp³-hybridized carbons (Fsp3) is 0.636. The quantitative estimate of drug-likeness (QED) is 0.721. The van der Waals surface area contributed by atoms with E-state index in [-0.39, 0.29) is 42.0 Å². The third kappa shape index (κ3) is 3.03. The lowest BCUT2D eigenvalue weighted by Gasteiger charge is -2.28. The lowest BCUT2D eigenvalue weighted by atomic mass is 9.86. The Morgan fingerprint density at radius 1 is 1.29 bits per heavy atom. The number of rotatable bonds is 5. The van der Waals surface area contributed by atoms with E-state index in [2.05, 4.69) is 16.7 Å². The Balaban J connectivity index is 1.47. The molecule has 2 bridgehead atoms. The molecule has 4 aliphatic rings. The first kappa shape index (κ1) is 18.1. The highest BCUT2D eigenvalue weighted by Crippen LogP contribution is 2.41. The van der Waals surface area contributed by atoms with Crippen molar-refractivity contribution in [3.63, 3.8) is 0 Å². The van der Waals surface area contributed by atoms with E-state index >= 15 is 0 Å². The predicted molar refractivity (Wildman–Crippen MR) is 107 cm³/mol. The number of pyridine rings is 1. The number of carbonyl (C=O) groups is 1. The minimum absolute atomic E-state index is 0.00548. The van der Waals surface area contributed by atoms with Crippen LogP contribution in [0, 0.1) is 17.8 Å². The van der Waals surface area contributed by atoms with Crippen molar-refractivity contribution in [2.24, 2.45) is 17.8 Å². The molecule has 3 N–H and O–H groups in total. The largest absolute Gasteiger partial charge is 0.396 e. The van der Waals surface area contributed by atoms with E-state index in [1.807, 2.05) is 16.7 Å². The molecule has 6 heteroatoms. The topological polar surface area (TPSA) is 83.4 Å². The van der Waals surface area contributed by atoms with E-state index in [0.717, 1.165) is 42.6 Å². The van der Waals surface area contributed by atoms with Gasteiger partial charge in [0.25, 0.3) is 5.56 Å². The monoisotopic (exact) mass is 383 g/mol. The van der Waals surface area contributed by atoms with Crippen molar-refractivity contribution in [2.45, 2.75) is 57.2 Å². The van der Waals surface area contributed by atoms with Crippen LogP contribution in [0.15, 0.2) is 23.0 Å². The predicted octanol–water partition coefficient (Wildman–Crippen LogP) is 1.58. The van der Waals surface area contributed by atoms with Gasteiger partial charge in [0.05, 0.1) is 12.0 Å². The van der Waals surface area contributed by atoms with E-state index in [1.54, 1.807) is 0 Å². The molecule has 2 aliphatic heterocycles. The van der Waals surface area contributed by atoms with Crippen LogP contribution in [-0.4, -0.2) is 34.8 Å². The Morgan fingerprint density at radius 3 is 2.86 bits per heavy atom. The Morgan fingerprint density at radius 2 is 2.14 bits per heavy atom. The van der Waals surface area contributed by atoms with Gasteiger partial charge in [-0.2, -0.15) is 0 Å². The molecule has 6 nitrogen and oxygen atoms in total. The van der Waals surface area contributed by atoms with E-state index in [1.165, 1.54) is 19.3 Å². The number of fused-ring (bicyclic) bond motifs is 4. The van der Waals surface area contributed by atoms with Crippen LogP contribution >= 0.6 is 0 Å². The van der Waals surface area contributed by atoms with Crippen LogP contribution in [0.2, 0.25) is 0 Å². The van der Waals surface area contributed by atoms with Crippen LogP contribution in [0.4, 0.5) is 0 Å². The van der Waals surface area contributed by atoms with Crippen molar-refractivity contribution in [2.75, 3.05) is 13.2 Å². The number of aromatic nitrogens is 1. The van der Waals surface area contributed by atoms with Crippen LogP contribution < -0.4 is 16.2 Å². The first-order valence-electron chi connectivity index (χ1n) is 10.7. The van der Waals surface area contributed by atoms with Gasteiger partial charge in [-0.15, -0.1) is 0 Å². The van der Waals surface area contributed by atoms with Crippen molar-refractivity contribution >= 4 is 11.5 Å². The molecule has 4 atom stereocenters. The third-order valence-corrected chi connectivity index (χ3v) is 7.05. The standard InChI is InChI=1S/C22H29N3O3/c26-12-16-17-11-25-18(9-8-15(22(25)28)14-4-2-1-3-5-14)20(24-17)19(16)21(27)23-10-13-6-7-13/h4,8-9,13,16-17,19-20,24,26H,1-3,5-7,10-12H2,(H,23,27)/t16-,17-,19+,20+/m1/s1. The number of aliphatic hydroxyl groups excluding tert-OH is 1. The molecule has 0 aromatic carbocycles. The number of hydrogen-bond acceptors (Lipinski definition) is 4. The fourth-order valence-corrected chi connectivity index (χ4v) is 5.26. The number of aliphatic hydroxyl groups is 1. The molecule has 2 fully saturated rings. The summed E-state index contributed by atoms with van der Waals surface area (Å²) in [6.45, 7) is 1.20. The first-order chi connectivity index (χ1) is 13.7. The Hall–Kier alpha value is -1.92. The molecule has 1 saturated carbocycles. The number of nitrogens with zero attached hydrogens (tertiary/aromatic N) is 1. The van der Waals surface area contributed by atoms with Crippen LogP contribution in [0.3, 0.4) is 0 Å². The van der Waals surface area contributed by atoms with Crippen LogP contribution in [-0.2, 0) is 11.3 Å². The molecular formula is C22H29N3O3. The molecule has 1 amide bonds. The van der Waals surface area contributed by atoms with E-state index in [4.69, 9.17) is 0 Å². The summed E-state index contributed by atoms with van der Waals surface area (Å²) in [5, 5.41) is 16.6. The second kappa shape index (κ2) is 7.16. The highest BCUT2D eigenvalue weighted by molar-refractivity contribution is 5.80. The molecule has 3 heterocycles. The summed E-state index contributed by atoms with van der Waals surface area (Å²) in [4.78, 5) is 26.2. The average Bonchev–Trinajstić information content (AvgIpc) is 3.50. The van der Waals surface area contributed by atoms with Crippen molar-refractivity contribution in [1.82, 2.24) is 15.2 Å². The van der Waals surface area contributed by atoms with E-state index in [9.17, 15) is 14.7 Å². The molecule has 0 spiro atoms. The molecule has 2 aliphatic carbocycles. The van der Waals surface area contributed by atoms with Gasteiger partial charge >= 0.3 is 0 Å². The average molecular weight is 383 g/mol. The summed E-state index contributed by atoms with van der Waals surface area (Å²) in [5.41, 5.74) is 2.90. The van der Waals surface area contributed by atoms with Gasteiger partial charge in [-0.1, -0.05) is 6.08 Å². The number of nitrogens with one attached hydrogen (secondary N) is 2. The second-order valence-electron chi connectivity index (χ2n) is 8.87. The molecule has 1 aromatic heterocycles. The zero-order chi connectivity index (χ0) is 19.3. The molecule has 5 rings (SSSR count). The minimum Gasteiger partial charge on any atom is -0.396 e. The Labute approximate surface area is 165 Å². The number of allylic oxidation sites excluding steroid dienone is 2.